The maximum absolute atomic E-state index is 14.1. The molecule has 172 valence electrons. The molecule has 8 nitrogen and oxygen atoms in total. The highest BCUT2D eigenvalue weighted by molar-refractivity contribution is 5.94. The van der Waals surface area contributed by atoms with Gasteiger partial charge in [0.2, 0.25) is 0 Å². The molecule has 2 aromatic heterocycles. The van der Waals surface area contributed by atoms with E-state index < -0.39 is 0 Å². The van der Waals surface area contributed by atoms with E-state index in [1.165, 1.54) is 6.07 Å². The number of carbonyl (C=O) groups is 2. The average molecular weight is 452 g/mol. The predicted molar refractivity (Wildman–Crippen MR) is 120 cm³/mol. The fourth-order valence-electron chi connectivity index (χ4n) is 4.95. The summed E-state index contributed by atoms with van der Waals surface area (Å²) in [6.07, 6.45) is 7.03. The first-order chi connectivity index (χ1) is 16.0. The molecular weight excluding hydrogens is 425 g/mol. The van der Waals surface area contributed by atoms with Crippen LogP contribution in [0.15, 0.2) is 61.2 Å². The Balaban J connectivity index is 0.000000821. The third kappa shape index (κ3) is 4.57. The molecule has 2 aliphatic rings. The number of pyridine rings is 1. The Kier molecular flexibility index (Phi) is 6.67. The first-order valence-corrected chi connectivity index (χ1v) is 10.9. The molecule has 0 aliphatic carbocycles. The van der Waals surface area contributed by atoms with Crippen LogP contribution in [0.1, 0.15) is 28.9 Å². The standard InChI is InChI=1S/C23H24FN5O.CH2O2/c1-2-28-13-17(11-26-28)23(30)29-14-18-12-27(20-6-8-25-9-7-20)15-21(18)22(29)16-4-3-5-19(24)10-16;2-1-3/h3-11,13,18,21-22H,2,12,14-15H2,1H3;1H,(H,2,3)/t18-,21-,22-;/m0./s1. The highest BCUT2D eigenvalue weighted by atomic mass is 19.1. The Morgan fingerprint density at radius 1 is 1.21 bits per heavy atom. The molecule has 2 aliphatic heterocycles. The van der Waals surface area contributed by atoms with Gasteiger partial charge in [-0.15, -0.1) is 0 Å². The summed E-state index contributed by atoms with van der Waals surface area (Å²) in [5, 5.41) is 11.1. The summed E-state index contributed by atoms with van der Waals surface area (Å²) >= 11 is 0. The van der Waals surface area contributed by atoms with Crippen LogP contribution in [-0.4, -0.2) is 56.8 Å². The van der Waals surface area contributed by atoms with Crippen LogP contribution in [-0.2, 0) is 11.3 Å². The number of carboxylic acid groups (broad SMARTS) is 1. The van der Waals surface area contributed by atoms with E-state index in [-0.39, 0.29) is 30.2 Å². The molecule has 3 atom stereocenters. The van der Waals surface area contributed by atoms with Gasteiger partial charge in [-0.2, -0.15) is 5.10 Å². The number of anilines is 1. The molecule has 5 rings (SSSR count). The Bertz CT molecular complexity index is 1110. The summed E-state index contributed by atoms with van der Waals surface area (Å²) in [5.74, 6) is 0.265. The zero-order valence-corrected chi connectivity index (χ0v) is 18.3. The minimum Gasteiger partial charge on any atom is -0.483 e. The van der Waals surface area contributed by atoms with E-state index in [1.807, 2.05) is 30.0 Å². The van der Waals surface area contributed by atoms with Gasteiger partial charge in [0, 0.05) is 62.3 Å². The van der Waals surface area contributed by atoms with E-state index in [1.54, 1.807) is 41.6 Å². The largest absolute Gasteiger partial charge is 0.483 e. The summed E-state index contributed by atoms with van der Waals surface area (Å²) in [5.41, 5.74) is 2.58. The molecule has 33 heavy (non-hydrogen) atoms. The molecule has 0 saturated carbocycles. The third-order valence-corrected chi connectivity index (χ3v) is 6.35. The summed E-state index contributed by atoms with van der Waals surface area (Å²) in [6.45, 7) is 4.81. The quantitative estimate of drug-likeness (QED) is 0.613. The molecule has 3 aromatic rings. The third-order valence-electron chi connectivity index (χ3n) is 6.35. The van der Waals surface area contributed by atoms with Crippen LogP contribution in [0.2, 0.25) is 0 Å². The summed E-state index contributed by atoms with van der Waals surface area (Å²) in [4.78, 5) is 30.1. The van der Waals surface area contributed by atoms with Crippen molar-refractivity contribution in [2.45, 2.75) is 19.5 Å². The lowest BCUT2D eigenvalue weighted by molar-refractivity contribution is -0.122. The van der Waals surface area contributed by atoms with Crippen molar-refractivity contribution >= 4 is 18.1 Å². The van der Waals surface area contributed by atoms with E-state index in [0.29, 0.717) is 24.6 Å². The van der Waals surface area contributed by atoms with Gasteiger partial charge < -0.3 is 14.9 Å². The molecule has 9 heteroatoms. The number of rotatable bonds is 4. The number of aromatic nitrogens is 3. The molecule has 0 radical (unpaired) electrons. The van der Waals surface area contributed by atoms with Crippen molar-refractivity contribution in [2.24, 2.45) is 11.8 Å². The Labute approximate surface area is 191 Å². The highest BCUT2D eigenvalue weighted by Crippen LogP contribution is 2.46. The van der Waals surface area contributed by atoms with E-state index in [9.17, 15) is 9.18 Å². The van der Waals surface area contributed by atoms with Crippen LogP contribution >= 0.6 is 0 Å². The van der Waals surface area contributed by atoms with Crippen LogP contribution in [0.25, 0.3) is 0 Å². The van der Waals surface area contributed by atoms with Gasteiger partial charge in [0.05, 0.1) is 17.8 Å². The van der Waals surface area contributed by atoms with Crippen molar-refractivity contribution in [3.8, 4) is 0 Å². The zero-order chi connectivity index (χ0) is 23.4. The number of amides is 1. The first-order valence-electron chi connectivity index (χ1n) is 10.9. The molecule has 0 spiro atoms. The SMILES string of the molecule is CCn1cc(C(=O)N2C[C@@H]3CN(c4ccncc4)C[C@@H]3[C@@H]2c2cccc(F)c2)cn1.O=CO. The monoisotopic (exact) mass is 451 g/mol. The molecule has 1 N–H and O–H groups in total. The predicted octanol–water partition coefficient (Wildman–Crippen LogP) is 3.09. The number of fused-ring (bicyclic) bond motifs is 1. The lowest BCUT2D eigenvalue weighted by Crippen LogP contribution is -2.35. The van der Waals surface area contributed by atoms with Gasteiger partial charge in [0.15, 0.2) is 0 Å². The number of likely N-dealkylation sites (tertiary alicyclic amines) is 1. The van der Waals surface area contributed by atoms with Crippen molar-refractivity contribution < 1.29 is 19.1 Å². The van der Waals surface area contributed by atoms with Crippen LogP contribution < -0.4 is 4.90 Å². The van der Waals surface area contributed by atoms with Crippen LogP contribution in [0, 0.1) is 17.7 Å². The second kappa shape index (κ2) is 9.81. The van der Waals surface area contributed by atoms with E-state index >= 15 is 0 Å². The minimum absolute atomic E-state index is 0.0335. The van der Waals surface area contributed by atoms with Crippen molar-refractivity contribution in [3.63, 3.8) is 0 Å². The first kappa shape index (κ1) is 22.4. The van der Waals surface area contributed by atoms with Gasteiger partial charge in [0.25, 0.3) is 12.4 Å². The number of carbonyl (C=O) groups excluding carboxylic acids is 1. The Morgan fingerprint density at radius 3 is 2.64 bits per heavy atom. The van der Waals surface area contributed by atoms with Crippen LogP contribution in [0.3, 0.4) is 0 Å². The van der Waals surface area contributed by atoms with E-state index in [4.69, 9.17) is 9.90 Å². The molecule has 0 unspecified atom stereocenters. The maximum atomic E-state index is 14.1. The van der Waals surface area contributed by atoms with E-state index in [2.05, 4.69) is 15.0 Å². The topological polar surface area (TPSA) is 91.6 Å². The van der Waals surface area contributed by atoms with Gasteiger partial charge in [-0.3, -0.25) is 19.3 Å². The minimum atomic E-state index is -0.272. The average Bonchev–Trinajstić information content (AvgIpc) is 3.54. The normalized spacial score (nSPS) is 21.3. The number of halogens is 1. The Morgan fingerprint density at radius 2 is 1.97 bits per heavy atom. The molecule has 1 amide bonds. The van der Waals surface area contributed by atoms with E-state index in [0.717, 1.165) is 24.3 Å². The highest BCUT2D eigenvalue weighted by Gasteiger charge is 2.49. The summed E-state index contributed by atoms with van der Waals surface area (Å²) in [7, 11) is 0. The van der Waals surface area contributed by atoms with Gasteiger partial charge in [-0.1, -0.05) is 12.1 Å². The smallest absolute Gasteiger partial charge is 0.290 e. The molecule has 1 aromatic carbocycles. The second-order valence-electron chi connectivity index (χ2n) is 8.18. The molecular formula is C24H26FN5O3. The van der Waals surface area contributed by atoms with Crippen molar-refractivity contribution in [1.82, 2.24) is 19.7 Å². The van der Waals surface area contributed by atoms with Crippen LogP contribution in [0.4, 0.5) is 10.1 Å². The molecule has 2 saturated heterocycles. The zero-order valence-electron chi connectivity index (χ0n) is 18.3. The molecule has 0 bridgehead atoms. The maximum Gasteiger partial charge on any atom is 0.290 e. The summed E-state index contributed by atoms with van der Waals surface area (Å²) < 4.78 is 15.8. The number of hydrogen-bond donors (Lipinski definition) is 1. The van der Waals surface area contributed by atoms with Crippen molar-refractivity contribution in [2.75, 3.05) is 24.5 Å². The fraction of sp³-hybridized carbons (Fsp3) is 0.333. The van der Waals surface area contributed by atoms with Gasteiger partial charge in [-0.05, 0) is 36.8 Å². The van der Waals surface area contributed by atoms with Gasteiger partial charge in [-0.25, -0.2) is 4.39 Å². The lowest BCUT2D eigenvalue weighted by Gasteiger charge is -2.30. The Hall–Kier alpha value is -3.75. The number of aryl methyl sites for hydroxylation is 1. The molecule has 4 heterocycles. The fourth-order valence-corrected chi connectivity index (χ4v) is 4.95. The number of benzene rings is 1. The lowest BCUT2D eigenvalue weighted by atomic mass is 9.89. The van der Waals surface area contributed by atoms with Crippen LogP contribution in [0.5, 0.6) is 0 Å². The van der Waals surface area contributed by atoms with Crippen molar-refractivity contribution in [1.29, 1.82) is 0 Å². The molecule has 2 fully saturated rings. The van der Waals surface area contributed by atoms with Crippen molar-refractivity contribution in [3.05, 3.63) is 78.1 Å². The number of nitrogens with zero attached hydrogens (tertiary/aromatic N) is 5. The second-order valence-corrected chi connectivity index (χ2v) is 8.18. The van der Waals surface area contributed by atoms with Gasteiger partial charge >= 0.3 is 0 Å². The number of hydrogen-bond acceptors (Lipinski definition) is 5. The summed E-state index contributed by atoms with van der Waals surface area (Å²) in [6, 6.07) is 10.5. The van der Waals surface area contributed by atoms with Gasteiger partial charge in [0.1, 0.15) is 5.82 Å².